The van der Waals surface area contributed by atoms with Gasteiger partial charge in [0.25, 0.3) is 0 Å². The Morgan fingerprint density at radius 3 is 2.67 bits per heavy atom. The Kier molecular flexibility index (Phi) is 6.15. The molecule has 1 aromatic carbocycles. The van der Waals surface area contributed by atoms with Crippen LogP contribution in [-0.4, -0.2) is 24.3 Å². The zero-order chi connectivity index (χ0) is 13.4. The van der Waals surface area contributed by atoms with E-state index in [4.69, 9.17) is 0 Å². The highest BCUT2D eigenvalue weighted by Gasteiger charge is 2.07. The number of hydrogen-bond donors (Lipinski definition) is 1. The lowest BCUT2D eigenvalue weighted by atomic mass is 10.0. The summed E-state index contributed by atoms with van der Waals surface area (Å²) in [4.78, 5) is 11.0. The van der Waals surface area contributed by atoms with E-state index in [0.717, 1.165) is 12.0 Å². The fourth-order valence-corrected chi connectivity index (χ4v) is 1.64. The largest absolute Gasteiger partial charge is 0.469 e. The van der Waals surface area contributed by atoms with Crippen LogP contribution >= 0.6 is 0 Å². The predicted molar refractivity (Wildman–Crippen MR) is 71.2 cm³/mol. The summed E-state index contributed by atoms with van der Waals surface area (Å²) in [6.45, 7) is 1.83. The van der Waals surface area contributed by atoms with Crippen LogP contribution in [0.2, 0.25) is 0 Å². The Morgan fingerprint density at radius 2 is 2.06 bits per heavy atom. The van der Waals surface area contributed by atoms with Crippen LogP contribution in [0, 0.1) is 0 Å². The van der Waals surface area contributed by atoms with Gasteiger partial charge in [-0.15, -0.1) is 0 Å². The molecule has 1 atom stereocenters. The molecular formula is C15H20O3. The molecule has 3 nitrogen and oxygen atoms in total. The summed E-state index contributed by atoms with van der Waals surface area (Å²) in [5.41, 5.74) is 2.02. The molecule has 0 heterocycles. The summed E-state index contributed by atoms with van der Waals surface area (Å²) < 4.78 is 4.54. The summed E-state index contributed by atoms with van der Waals surface area (Å²) in [6, 6.07) is 10.0. The first-order valence-electron chi connectivity index (χ1n) is 6.09. The maximum absolute atomic E-state index is 11.0. The van der Waals surface area contributed by atoms with Gasteiger partial charge >= 0.3 is 5.97 Å². The second-order valence-corrected chi connectivity index (χ2v) is 4.27. The minimum absolute atomic E-state index is 0.213. The van der Waals surface area contributed by atoms with Gasteiger partial charge in [-0.1, -0.05) is 36.4 Å². The van der Waals surface area contributed by atoms with Gasteiger partial charge in [-0.25, -0.2) is 0 Å². The molecule has 1 N–H and O–H groups in total. The summed E-state index contributed by atoms with van der Waals surface area (Å²) in [5.74, 6) is -0.287. The Hall–Kier alpha value is -1.61. The first kappa shape index (κ1) is 14.5. The van der Waals surface area contributed by atoms with Crippen LogP contribution in [0.5, 0.6) is 0 Å². The lowest BCUT2D eigenvalue weighted by molar-refractivity contribution is -0.139. The van der Waals surface area contributed by atoms with Crippen LogP contribution in [0.4, 0.5) is 0 Å². The number of rotatable bonds is 6. The maximum atomic E-state index is 11.0. The predicted octanol–water partition coefficient (Wildman–Crippen LogP) is 2.49. The third-order valence-corrected chi connectivity index (χ3v) is 2.89. The Morgan fingerprint density at radius 1 is 1.39 bits per heavy atom. The Bertz CT molecular complexity index is 395. The number of hydrogen-bond acceptors (Lipinski definition) is 3. The van der Waals surface area contributed by atoms with Crippen molar-refractivity contribution in [1.29, 1.82) is 0 Å². The average molecular weight is 248 g/mol. The van der Waals surface area contributed by atoms with Crippen molar-refractivity contribution in [2.75, 3.05) is 7.11 Å². The third-order valence-electron chi connectivity index (χ3n) is 2.89. The lowest BCUT2D eigenvalue weighted by Gasteiger charge is -2.11. The second kappa shape index (κ2) is 7.67. The van der Waals surface area contributed by atoms with E-state index in [0.29, 0.717) is 6.42 Å². The highest BCUT2D eigenvalue weighted by molar-refractivity contribution is 5.71. The summed E-state index contributed by atoms with van der Waals surface area (Å²) in [6.07, 6.45) is 2.92. The van der Waals surface area contributed by atoms with Crippen molar-refractivity contribution in [1.82, 2.24) is 0 Å². The van der Waals surface area contributed by atoms with Gasteiger partial charge in [-0.3, -0.25) is 4.79 Å². The standard InChI is InChI=1S/C15H20O3/c1-12(8-11-15(17)18-2)14(16)10-9-13-6-4-3-5-7-13/h3-8,14,16H,9-11H2,1-2H3/b12-8+. The number of aryl methyl sites for hydroxylation is 1. The van der Waals surface area contributed by atoms with Crippen LogP contribution in [0.3, 0.4) is 0 Å². The Balaban J connectivity index is 2.40. The first-order valence-corrected chi connectivity index (χ1v) is 6.09. The normalized spacial score (nSPS) is 13.2. The van der Waals surface area contributed by atoms with Gasteiger partial charge < -0.3 is 9.84 Å². The van der Waals surface area contributed by atoms with E-state index >= 15 is 0 Å². The Labute approximate surface area is 108 Å². The van der Waals surface area contributed by atoms with Gasteiger partial charge in [-0.05, 0) is 30.9 Å². The smallest absolute Gasteiger partial charge is 0.309 e. The van der Waals surface area contributed by atoms with Gasteiger partial charge in [0.1, 0.15) is 0 Å². The number of benzene rings is 1. The molecule has 0 spiro atoms. The number of aliphatic hydroxyl groups is 1. The molecule has 0 saturated heterocycles. The van der Waals surface area contributed by atoms with Crippen molar-refractivity contribution in [3.05, 3.63) is 47.5 Å². The molecule has 0 fully saturated rings. The number of esters is 1. The van der Waals surface area contributed by atoms with E-state index in [2.05, 4.69) is 4.74 Å². The number of ether oxygens (including phenoxy) is 1. The molecule has 1 rings (SSSR count). The first-order chi connectivity index (χ1) is 8.63. The second-order valence-electron chi connectivity index (χ2n) is 4.27. The zero-order valence-corrected chi connectivity index (χ0v) is 10.9. The minimum atomic E-state index is -0.505. The molecule has 0 aliphatic carbocycles. The average Bonchev–Trinajstić information content (AvgIpc) is 2.42. The third kappa shape index (κ3) is 5.15. The zero-order valence-electron chi connectivity index (χ0n) is 10.9. The summed E-state index contributed by atoms with van der Waals surface area (Å²) in [7, 11) is 1.36. The van der Waals surface area contributed by atoms with E-state index in [1.165, 1.54) is 12.7 Å². The van der Waals surface area contributed by atoms with Crippen molar-refractivity contribution in [2.45, 2.75) is 32.3 Å². The van der Waals surface area contributed by atoms with Gasteiger partial charge in [0.15, 0.2) is 0 Å². The molecule has 0 bridgehead atoms. The van der Waals surface area contributed by atoms with Crippen molar-refractivity contribution < 1.29 is 14.6 Å². The molecule has 0 aliphatic heterocycles. The van der Waals surface area contributed by atoms with Crippen LogP contribution in [0.25, 0.3) is 0 Å². The van der Waals surface area contributed by atoms with Crippen LogP contribution in [-0.2, 0) is 16.0 Å². The topological polar surface area (TPSA) is 46.5 Å². The summed E-state index contributed by atoms with van der Waals surface area (Å²) in [5, 5.41) is 9.94. The molecule has 0 aromatic heterocycles. The number of carbonyl (C=O) groups excluding carboxylic acids is 1. The molecule has 18 heavy (non-hydrogen) atoms. The monoisotopic (exact) mass is 248 g/mol. The molecule has 0 aliphatic rings. The van der Waals surface area contributed by atoms with Crippen molar-refractivity contribution in [2.24, 2.45) is 0 Å². The van der Waals surface area contributed by atoms with E-state index in [-0.39, 0.29) is 12.4 Å². The molecular weight excluding hydrogens is 228 g/mol. The SMILES string of the molecule is COC(=O)C/C=C(\C)C(O)CCc1ccccc1. The van der Waals surface area contributed by atoms with Gasteiger partial charge in [-0.2, -0.15) is 0 Å². The van der Waals surface area contributed by atoms with E-state index in [1.807, 2.05) is 37.3 Å². The van der Waals surface area contributed by atoms with E-state index in [1.54, 1.807) is 6.08 Å². The quantitative estimate of drug-likeness (QED) is 0.621. The fraction of sp³-hybridized carbons (Fsp3) is 0.400. The van der Waals surface area contributed by atoms with Crippen LogP contribution < -0.4 is 0 Å². The molecule has 1 unspecified atom stereocenters. The number of methoxy groups -OCH3 is 1. The fourth-order valence-electron chi connectivity index (χ4n) is 1.64. The number of carbonyl (C=O) groups is 1. The molecule has 3 heteroatoms. The van der Waals surface area contributed by atoms with E-state index < -0.39 is 6.10 Å². The van der Waals surface area contributed by atoms with Gasteiger partial charge in [0, 0.05) is 0 Å². The lowest BCUT2D eigenvalue weighted by Crippen LogP contribution is -2.10. The maximum Gasteiger partial charge on any atom is 0.309 e. The molecule has 0 amide bonds. The van der Waals surface area contributed by atoms with Crippen LogP contribution in [0.15, 0.2) is 42.0 Å². The molecule has 98 valence electrons. The van der Waals surface area contributed by atoms with Crippen molar-refractivity contribution in [3.8, 4) is 0 Å². The molecule has 0 saturated carbocycles. The highest BCUT2D eigenvalue weighted by Crippen LogP contribution is 2.11. The minimum Gasteiger partial charge on any atom is -0.469 e. The van der Waals surface area contributed by atoms with Gasteiger partial charge in [0.05, 0.1) is 19.6 Å². The van der Waals surface area contributed by atoms with E-state index in [9.17, 15) is 9.90 Å². The number of aliphatic hydroxyl groups excluding tert-OH is 1. The van der Waals surface area contributed by atoms with Crippen LogP contribution in [0.1, 0.15) is 25.3 Å². The van der Waals surface area contributed by atoms with Gasteiger partial charge in [0.2, 0.25) is 0 Å². The van der Waals surface area contributed by atoms with Crippen molar-refractivity contribution >= 4 is 5.97 Å². The van der Waals surface area contributed by atoms with Crippen molar-refractivity contribution in [3.63, 3.8) is 0 Å². The molecule has 1 aromatic rings. The highest BCUT2D eigenvalue weighted by atomic mass is 16.5. The summed E-state index contributed by atoms with van der Waals surface area (Å²) >= 11 is 0. The molecule has 0 radical (unpaired) electrons.